The first-order chi connectivity index (χ1) is 8.18. The van der Waals surface area contributed by atoms with Crippen LogP contribution in [0.3, 0.4) is 0 Å². The molecular formula is C12H16N2O3. The summed E-state index contributed by atoms with van der Waals surface area (Å²) in [5.74, 6) is -0.0877. The third-order valence-corrected chi connectivity index (χ3v) is 2.69. The van der Waals surface area contributed by atoms with Crippen LogP contribution in [-0.2, 0) is 14.3 Å². The van der Waals surface area contributed by atoms with E-state index in [4.69, 9.17) is 9.47 Å². The summed E-state index contributed by atoms with van der Waals surface area (Å²) in [7, 11) is 1.73. The second-order valence-electron chi connectivity index (χ2n) is 3.99. The standard InChI is InChI=1S/C12H16N2O3/c1-9-7-10(3-4-13-9)14(2)12(15)11-8-16-5-6-17-11/h3-4,7,11H,5-6,8H2,1-2H3. The number of carbonyl (C=O) groups excluding carboxylic acids is 1. The Morgan fingerprint density at radius 1 is 1.53 bits per heavy atom. The largest absolute Gasteiger partial charge is 0.376 e. The van der Waals surface area contributed by atoms with E-state index in [1.54, 1.807) is 24.2 Å². The summed E-state index contributed by atoms with van der Waals surface area (Å²) in [5, 5.41) is 0. The van der Waals surface area contributed by atoms with Crippen LogP contribution in [-0.4, -0.2) is 43.9 Å². The summed E-state index contributed by atoms with van der Waals surface area (Å²) in [5.41, 5.74) is 1.69. The van der Waals surface area contributed by atoms with Gasteiger partial charge in [0.1, 0.15) is 0 Å². The zero-order valence-corrected chi connectivity index (χ0v) is 10.0. The van der Waals surface area contributed by atoms with Crippen LogP contribution in [0.5, 0.6) is 0 Å². The molecular weight excluding hydrogens is 220 g/mol. The number of likely N-dealkylation sites (N-methyl/N-ethyl adjacent to an activating group) is 1. The second-order valence-corrected chi connectivity index (χ2v) is 3.99. The molecule has 5 nitrogen and oxygen atoms in total. The average molecular weight is 236 g/mol. The van der Waals surface area contributed by atoms with E-state index in [1.165, 1.54) is 0 Å². The third-order valence-electron chi connectivity index (χ3n) is 2.69. The molecule has 2 heterocycles. The van der Waals surface area contributed by atoms with Crippen molar-refractivity contribution < 1.29 is 14.3 Å². The number of rotatable bonds is 2. The molecule has 17 heavy (non-hydrogen) atoms. The Morgan fingerprint density at radius 2 is 2.35 bits per heavy atom. The molecule has 0 saturated carbocycles. The summed E-state index contributed by atoms with van der Waals surface area (Å²) < 4.78 is 10.6. The lowest BCUT2D eigenvalue weighted by Gasteiger charge is -2.26. The van der Waals surface area contributed by atoms with E-state index >= 15 is 0 Å². The molecule has 2 rings (SSSR count). The van der Waals surface area contributed by atoms with E-state index in [2.05, 4.69) is 4.98 Å². The SMILES string of the molecule is Cc1cc(N(C)C(=O)C2COCCO2)ccn1. The molecule has 1 aliphatic heterocycles. The van der Waals surface area contributed by atoms with Crippen molar-refractivity contribution in [3.05, 3.63) is 24.0 Å². The molecule has 1 atom stereocenters. The lowest BCUT2D eigenvalue weighted by Crippen LogP contribution is -2.43. The maximum absolute atomic E-state index is 12.1. The summed E-state index contributed by atoms with van der Waals surface area (Å²) >= 11 is 0. The maximum atomic E-state index is 12.1. The lowest BCUT2D eigenvalue weighted by atomic mass is 10.2. The Labute approximate surface area is 100 Å². The van der Waals surface area contributed by atoms with Crippen molar-refractivity contribution in [2.75, 3.05) is 31.8 Å². The van der Waals surface area contributed by atoms with Crippen LogP contribution in [0.4, 0.5) is 5.69 Å². The monoisotopic (exact) mass is 236 g/mol. The summed E-state index contributed by atoms with van der Waals surface area (Å²) in [4.78, 5) is 17.8. The van der Waals surface area contributed by atoms with E-state index in [9.17, 15) is 4.79 Å². The van der Waals surface area contributed by atoms with Gasteiger partial charge in [0.25, 0.3) is 5.91 Å². The third kappa shape index (κ3) is 2.81. The van der Waals surface area contributed by atoms with Crippen LogP contribution in [0.25, 0.3) is 0 Å². The van der Waals surface area contributed by atoms with E-state index in [-0.39, 0.29) is 5.91 Å². The van der Waals surface area contributed by atoms with Gasteiger partial charge in [-0.2, -0.15) is 0 Å². The Bertz CT molecular complexity index is 402. The predicted octanol–water partition coefficient (Wildman–Crippen LogP) is 0.768. The maximum Gasteiger partial charge on any atom is 0.258 e. The van der Waals surface area contributed by atoms with Gasteiger partial charge in [-0.05, 0) is 19.1 Å². The van der Waals surface area contributed by atoms with E-state index < -0.39 is 6.10 Å². The van der Waals surface area contributed by atoms with Crippen molar-refractivity contribution in [3.8, 4) is 0 Å². The van der Waals surface area contributed by atoms with Crippen molar-refractivity contribution >= 4 is 11.6 Å². The van der Waals surface area contributed by atoms with Crippen molar-refractivity contribution in [2.24, 2.45) is 0 Å². The molecule has 0 aromatic carbocycles. The van der Waals surface area contributed by atoms with Crippen molar-refractivity contribution in [1.82, 2.24) is 4.98 Å². The van der Waals surface area contributed by atoms with Gasteiger partial charge in [0.05, 0.1) is 19.8 Å². The molecule has 0 radical (unpaired) electrons. The Balaban J connectivity index is 2.08. The van der Waals surface area contributed by atoms with Crippen LogP contribution in [0.15, 0.2) is 18.3 Å². The molecule has 1 saturated heterocycles. The summed E-state index contributed by atoms with van der Waals surface area (Å²) in [6.45, 7) is 3.25. The molecule has 0 aliphatic carbocycles. The summed E-state index contributed by atoms with van der Waals surface area (Å²) in [6, 6.07) is 3.66. The zero-order chi connectivity index (χ0) is 12.3. The van der Waals surface area contributed by atoms with Crippen LogP contribution in [0, 0.1) is 6.92 Å². The highest BCUT2D eigenvalue weighted by Gasteiger charge is 2.26. The molecule has 5 heteroatoms. The number of aromatic nitrogens is 1. The van der Waals surface area contributed by atoms with Gasteiger partial charge in [0.15, 0.2) is 6.10 Å². The zero-order valence-electron chi connectivity index (χ0n) is 10.0. The van der Waals surface area contributed by atoms with Gasteiger partial charge in [-0.15, -0.1) is 0 Å². The normalized spacial score (nSPS) is 20.0. The number of aryl methyl sites for hydroxylation is 1. The Morgan fingerprint density at radius 3 is 3.00 bits per heavy atom. The van der Waals surface area contributed by atoms with Crippen LogP contribution >= 0.6 is 0 Å². The molecule has 1 unspecified atom stereocenters. The highest BCUT2D eigenvalue weighted by Crippen LogP contribution is 2.15. The minimum absolute atomic E-state index is 0.0877. The van der Waals surface area contributed by atoms with Gasteiger partial charge in [-0.25, -0.2) is 0 Å². The first-order valence-electron chi connectivity index (χ1n) is 5.58. The predicted molar refractivity (Wildman–Crippen MR) is 62.9 cm³/mol. The number of carbonyl (C=O) groups is 1. The van der Waals surface area contributed by atoms with Crippen molar-refractivity contribution in [1.29, 1.82) is 0 Å². The van der Waals surface area contributed by atoms with Crippen LogP contribution in [0.2, 0.25) is 0 Å². The molecule has 1 fully saturated rings. The molecule has 1 aromatic rings. The van der Waals surface area contributed by atoms with Gasteiger partial charge in [0.2, 0.25) is 0 Å². The molecule has 0 bridgehead atoms. The molecule has 1 amide bonds. The van der Waals surface area contributed by atoms with Crippen LogP contribution < -0.4 is 4.90 Å². The number of anilines is 1. The van der Waals surface area contributed by atoms with Gasteiger partial charge in [0, 0.05) is 24.6 Å². The topological polar surface area (TPSA) is 51.7 Å². The molecule has 1 aliphatic rings. The average Bonchev–Trinajstić information content (AvgIpc) is 2.38. The number of hydrogen-bond acceptors (Lipinski definition) is 4. The summed E-state index contributed by atoms with van der Waals surface area (Å²) in [6.07, 6.45) is 1.19. The molecule has 1 aromatic heterocycles. The minimum atomic E-state index is -0.498. The van der Waals surface area contributed by atoms with Crippen molar-refractivity contribution in [2.45, 2.75) is 13.0 Å². The first-order valence-corrected chi connectivity index (χ1v) is 5.58. The number of nitrogens with zero attached hydrogens (tertiary/aromatic N) is 2. The fraction of sp³-hybridized carbons (Fsp3) is 0.500. The number of pyridine rings is 1. The molecule has 0 spiro atoms. The van der Waals surface area contributed by atoms with E-state index in [1.807, 2.05) is 13.0 Å². The van der Waals surface area contributed by atoms with E-state index in [0.717, 1.165) is 11.4 Å². The fourth-order valence-corrected chi connectivity index (χ4v) is 1.71. The smallest absolute Gasteiger partial charge is 0.258 e. The molecule has 92 valence electrons. The molecule has 0 N–H and O–H groups in total. The second kappa shape index (κ2) is 5.25. The quantitative estimate of drug-likeness (QED) is 0.761. The van der Waals surface area contributed by atoms with Crippen LogP contribution in [0.1, 0.15) is 5.69 Å². The highest BCUT2D eigenvalue weighted by atomic mass is 16.6. The first kappa shape index (κ1) is 12.0. The number of ether oxygens (including phenoxy) is 2. The van der Waals surface area contributed by atoms with Crippen molar-refractivity contribution in [3.63, 3.8) is 0 Å². The van der Waals surface area contributed by atoms with Gasteiger partial charge in [-0.1, -0.05) is 0 Å². The Hall–Kier alpha value is -1.46. The van der Waals surface area contributed by atoms with Gasteiger partial charge >= 0.3 is 0 Å². The lowest BCUT2D eigenvalue weighted by molar-refractivity contribution is -0.144. The van der Waals surface area contributed by atoms with Gasteiger partial charge in [-0.3, -0.25) is 9.78 Å². The van der Waals surface area contributed by atoms with Gasteiger partial charge < -0.3 is 14.4 Å². The minimum Gasteiger partial charge on any atom is -0.376 e. The highest BCUT2D eigenvalue weighted by molar-refractivity contribution is 5.96. The Kier molecular flexibility index (Phi) is 3.71. The number of amides is 1. The fourth-order valence-electron chi connectivity index (χ4n) is 1.71. The number of hydrogen-bond donors (Lipinski definition) is 0. The van der Waals surface area contributed by atoms with E-state index in [0.29, 0.717) is 19.8 Å².